The predicted molar refractivity (Wildman–Crippen MR) is 121 cm³/mol. The Kier molecular flexibility index (Phi) is 24.7. The second kappa shape index (κ2) is 23.9. The van der Waals surface area contributed by atoms with Gasteiger partial charge in [0.05, 0.1) is 0 Å². The molecule has 0 aliphatic carbocycles. The molecule has 0 N–H and O–H groups in total. The first-order chi connectivity index (χ1) is 11.9. The zero-order valence-electron chi connectivity index (χ0n) is 17.1. The first kappa shape index (κ1) is 24.9. The van der Waals surface area contributed by atoms with E-state index < -0.39 is 0 Å². The number of hydrogen-bond acceptors (Lipinski definition) is 0. The van der Waals surface area contributed by atoms with E-state index in [1.165, 1.54) is 145 Å². The summed E-state index contributed by atoms with van der Waals surface area (Å²) in [5.41, 5.74) is 0. The van der Waals surface area contributed by atoms with Crippen LogP contribution in [0.3, 0.4) is 0 Å². The van der Waals surface area contributed by atoms with E-state index in [2.05, 4.69) is 13.8 Å². The fourth-order valence-corrected chi connectivity index (χ4v) is 6.11. The summed E-state index contributed by atoms with van der Waals surface area (Å²) in [6.45, 7) is 4.61. The van der Waals surface area contributed by atoms with Crippen molar-refractivity contribution < 1.29 is 0 Å². The summed E-state index contributed by atoms with van der Waals surface area (Å²) in [5.74, 6) is 0. The van der Waals surface area contributed by atoms with Crippen LogP contribution in [0.2, 0.25) is 0 Å². The monoisotopic (exact) mass is 374 g/mol. The Morgan fingerprint density at radius 1 is 0.333 bits per heavy atom. The lowest BCUT2D eigenvalue weighted by molar-refractivity contribution is 0.586. The zero-order valence-corrected chi connectivity index (χ0v) is 19.1. The van der Waals surface area contributed by atoms with Crippen molar-refractivity contribution in [3.05, 3.63) is 0 Å². The predicted octanol–water partition coefficient (Wildman–Crippen LogP) is 8.62. The molecule has 24 heavy (non-hydrogen) atoms. The van der Waals surface area contributed by atoms with Crippen LogP contribution in [0.15, 0.2) is 0 Å². The molecule has 0 radical (unpaired) electrons. The zero-order chi connectivity index (χ0) is 17.6. The first-order valence-corrected chi connectivity index (χ1v) is 14.2. The van der Waals surface area contributed by atoms with E-state index in [-0.39, 0.29) is 0 Å². The molecule has 0 aromatic heterocycles. The van der Waals surface area contributed by atoms with Gasteiger partial charge in [0.1, 0.15) is 0 Å². The lowest BCUT2D eigenvalue weighted by atomic mass is 10.1. The smallest absolute Gasteiger partial charge is 0.0316 e. The van der Waals surface area contributed by atoms with Crippen LogP contribution in [0.5, 0.6) is 0 Å². The van der Waals surface area contributed by atoms with Gasteiger partial charge in [0.25, 0.3) is 0 Å². The molecule has 2 heteroatoms. The summed E-state index contributed by atoms with van der Waals surface area (Å²) in [5, 5.41) is 0. The summed E-state index contributed by atoms with van der Waals surface area (Å²) in [7, 11) is 2.53. The molecular formula is C22H48P2. The van der Waals surface area contributed by atoms with E-state index >= 15 is 0 Å². The highest BCUT2D eigenvalue weighted by Crippen LogP contribution is 2.21. The van der Waals surface area contributed by atoms with Crippen molar-refractivity contribution in [3.63, 3.8) is 0 Å². The molecule has 0 bridgehead atoms. The fraction of sp³-hybridized carbons (Fsp3) is 1.00. The minimum atomic E-state index is 1.26. The van der Waals surface area contributed by atoms with E-state index in [0.29, 0.717) is 0 Å². The number of unbranched alkanes of at least 4 members (excludes halogenated alkanes) is 14. The van der Waals surface area contributed by atoms with Crippen molar-refractivity contribution in [3.8, 4) is 0 Å². The molecule has 0 aromatic carbocycles. The highest BCUT2D eigenvalue weighted by Gasteiger charge is 1.95. The first-order valence-electron chi connectivity index (χ1n) is 11.3. The van der Waals surface area contributed by atoms with Gasteiger partial charge in [-0.05, 0) is 37.5 Å². The van der Waals surface area contributed by atoms with E-state index in [9.17, 15) is 0 Å². The van der Waals surface area contributed by atoms with Crippen molar-refractivity contribution in [2.45, 2.75) is 117 Å². The lowest BCUT2D eigenvalue weighted by Crippen LogP contribution is -1.87. The largest absolute Gasteiger partial charge is 0.122 e. The van der Waals surface area contributed by atoms with Crippen LogP contribution in [0.25, 0.3) is 0 Å². The number of hydrogen-bond donors (Lipinski definition) is 0. The third-order valence-electron chi connectivity index (χ3n) is 4.89. The van der Waals surface area contributed by atoms with Crippen LogP contribution in [0, 0.1) is 0 Å². The molecular weight excluding hydrogens is 326 g/mol. The third kappa shape index (κ3) is 22.9. The summed E-state index contributed by atoms with van der Waals surface area (Å²) in [6, 6.07) is 0. The van der Waals surface area contributed by atoms with Crippen LogP contribution < -0.4 is 0 Å². The topological polar surface area (TPSA) is 0 Å². The summed E-state index contributed by atoms with van der Waals surface area (Å²) < 4.78 is 0. The summed E-state index contributed by atoms with van der Waals surface area (Å²) in [6.07, 6.45) is 29.6. The van der Waals surface area contributed by atoms with Gasteiger partial charge in [-0.2, -0.15) is 0 Å². The molecule has 0 heterocycles. The molecule has 0 fully saturated rings. The minimum absolute atomic E-state index is 1.26. The van der Waals surface area contributed by atoms with Crippen molar-refractivity contribution in [1.82, 2.24) is 0 Å². The van der Waals surface area contributed by atoms with Gasteiger partial charge in [0, 0.05) is 0 Å². The average molecular weight is 375 g/mol. The Labute approximate surface area is 158 Å². The maximum absolute atomic E-state index is 2.30. The molecule has 0 rings (SSSR count). The maximum Gasteiger partial charge on any atom is -0.0316 e. The van der Waals surface area contributed by atoms with Crippen molar-refractivity contribution in [1.29, 1.82) is 0 Å². The fourth-order valence-electron chi connectivity index (χ4n) is 3.19. The molecule has 0 aromatic rings. The van der Waals surface area contributed by atoms with Crippen molar-refractivity contribution >= 4 is 17.2 Å². The minimum Gasteiger partial charge on any atom is -0.122 e. The lowest BCUT2D eigenvalue weighted by Gasteiger charge is -2.04. The normalized spacial score (nSPS) is 12.2. The molecule has 2 unspecified atom stereocenters. The Bertz CT molecular complexity index is 184. The van der Waals surface area contributed by atoms with Gasteiger partial charge >= 0.3 is 0 Å². The van der Waals surface area contributed by atoms with Crippen LogP contribution >= 0.6 is 17.2 Å². The third-order valence-corrected chi connectivity index (χ3v) is 8.01. The Morgan fingerprint density at radius 3 is 0.958 bits per heavy atom. The van der Waals surface area contributed by atoms with Gasteiger partial charge in [0.2, 0.25) is 0 Å². The van der Waals surface area contributed by atoms with E-state index in [1.807, 2.05) is 0 Å². The van der Waals surface area contributed by atoms with Crippen LogP contribution in [-0.2, 0) is 0 Å². The second-order valence-electron chi connectivity index (χ2n) is 7.45. The molecule has 0 saturated heterocycles. The van der Waals surface area contributed by atoms with E-state index in [0.717, 1.165) is 0 Å². The number of rotatable bonds is 21. The summed E-state index contributed by atoms with van der Waals surface area (Å²) in [4.78, 5) is 0. The average Bonchev–Trinajstić information content (AvgIpc) is 2.60. The molecule has 0 nitrogen and oxygen atoms in total. The quantitative estimate of drug-likeness (QED) is 0.139. The van der Waals surface area contributed by atoms with Crippen molar-refractivity contribution in [2.75, 3.05) is 24.6 Å². The standard InChI is InChI=1S/C22H48P2/c1-3-5-7-9-11-13-15-17-19-23-21-22-24-20-18-16-14-12-10-8-6-4-2/h23-24H,3-22H2,1-2H3. The molecule has 0 spiro atoms. The highest BCUT2D eigenvalue weighted by molar-refractivity contribution is 7.42. The molecule has 0 amide bonds. The van der Waals surface area contributed by atoms with E-state index in [4.69, 9.17) is 0 Å². The second-order valence-corrected chi connectivity index (χ2v) is 10.4. The highest BCUT2D eigenvalue weighted by atomic mass is 31.1. The van der Waals surface area contributed by atoms with E-state index in [1.54, 1.807) is 0 Å². The van der Waals surface area contributed by atoms with Gasteiger partial charge in [-0.25, -0.2) is 0 Å². The van der Waals surface area contributed by atoms with Gasteiger partial charge < -0.3 is 0 Å². The molecule has 0 aliphatic rings. The van der Waals surface area contributed by atoms with Crippen molar-refractivity contribution in [2.24, 2.45) is 0 Å². The van der Waals surface area contributed by atoms with Crippen LogP contribution in [0.4, 0.5) is 0 Å². The maximum atomic E-state index is 2.30. The Morgan fingerprint density at radius 2 is 0.625 bits per heavy atom. The van der Waals surface area contributed by atoms with Crippen LogP contribution in [-0.4, -0.2) is 24.6 Å². The molecule has 0 saturated carbocycles. The summed E-state index contributed by atoms with van der Waals surface area (Å²) >= 11 is 0. The Hall–Kier alpha value is 0.860. The van der Waals surface area contributed by atoms with Gasteiger partial charge in [0.15, 0.2) is 0 Å². The van der Waals surface area contributed by atoms with Crippen LogP contribution in [0.1, 0.15) is 117 Å². The Balaban J connectivity index is 2.93. The van der Waals surface area contributed by atoms with Gasteiger partial charge in [-0.1, -0.05) is 104 Å². The molecule has 0 aliphatic heterocycles. The van der Waals surface area contributed by atoms with Gasteiger partial charge in [-0.15, -0.1) is 17.2 Å². The molecule has 146 valence electrons. The van der Waals surface area contributed by atoms with Gasteiger partial charge in [-0.3, -0.25) is 0 Å². The SMILES string of the molecule is CCCCCCCCCCPCCPCCCCCCCCCC. The molecule has 2 atom stereocenters.